The Bertz CT molecular complexity index is 1130. The van der Waals surface area contributed by atoms with Gasteiger partial charge in [0.15, 0.2) is 11.2 Å². The van der Waals surface area contributed by atoms with E-state index in [9.17, 15) is 9.90 Å². The summed E-state index contributed by atoms with van der Waals surface area (Å²) in [4.78, 5) is 12.8. The maximum Gasteiger partial charge on any atom is 0.281 e. The highest BCUT2D eigenvalue weighted by Gasteiger charge is 2.22. The normalized spacial score (nSPS) is 12.1. The van der Waals surface area contributed by atoms with Crippen molar-refractivity contribution in [2.24, 2.45) is 0 Å². The third-order valence-corrected chi connectivity index (χ3v) is 4.39. The molecule has 0 radical (unpaired) electrons. The van der Waals surface area contributed by atoms with Gasteiger partial charge in [0.25, 0.3) is 5.56 Å². The molecule has 4 aromatic rings. The molecular formula is C18H17N5O2. The van der Waals surface area contributed by atoms with Crippen molar-refractivity contribution in [1.82, 2.24) is 24.4 Å². The molecule has 0 fully saturated rings. The zero-order chi connectivity index (χ0) is 17.6. The number of aromatic nitrogens is 5. The van der Waals surface area contributed by atoms with E-state index in [0.717, 1.165) is 11.1 Å². The Kier molecular flexibility index (Phi) is 3.40. The molecule has 126 valence electrons. The van der Waals surface area contributed by atoms with E-state index in [4.69, 9.17) is 0 Å². The lowest BCUT2D eigenvalue weighted by Crippen LogP contribution is -2.39. The lowest BCUT2D eigenvalue weighted by molar-refractivity contribution is 0.161. The van der Waals surface area contributed by atoms with E-state index in [1.165, 1.54) is 4.57 Å². The van der Waals surface area contributed by atoms with Crippen molar-refractivity contribution in [1.29, 1.82) is 0 Å². The first-order valence-corrected chi connectivity index (χ1v) is 7.95. The predicted octanol–water partition coefficient (Wildman–Crippen LogP) is 1.83. The summed E-state index contributed by atoms with van der Waals surface area (Å²) >= 11 is 0. The lowest BCUT2D eigenvalue weighted by Gasteiger charge is -2.24. The van der Waals surface area contributed by atoms with Crippen LogP contribution in [0, 0.1) is 0 Å². The van der Waals surface area contributed by atoms with Crippen molar-refractivity contribution < 1.29 is 5.11 Å². The van der Waals surface area contributed by atoms with Gasteiger partial charge < -0.3 is 9.67 Å². The van der Waals surface area contributed by atoms with Crippen LogP contribution in [0.1, 0.15) is 13.8 Å². The van der Waals surface area contributed by atoms with Crippen molar-refractivity contribution in [3.05, 3.63) is 59.1 Å². The quantitative estimate of drug-likeness (QED) is 0.617. The van der Waals surface area contributed by atoms with Crippen molar-refractivity contribution in [3.63, 3.8) is 0 Å². The molecule has 0 unspecified atom stereocenters. The van der Waals surface area contributed by atoms with Crippen LogP contribution in [0.25, 0.3) is 27.8 Å². The van der Waals surface area contributed by atoms with E-state index in [1.807, 2.05) is 30.3 Å². The highest BCUT2D eigenvalue weighted by atomic mass is 16.3. The fourth-order valence-corrected chi connectivity index (χ4v) is 2.87. The molecule has 0 aliphatic rings. The van der Waals surface area contributed by atoms with Crippen molar-refractivity contribution in [2.75, 3.05) is 6.61 Å². The summed E-state index contributed by atoms with van der Waals surface area (Å²) in [7, 11) is 0. The SMILES string of the molecule is CC(C)(CO)n1ccc2c(nnc3c(-c4ccccc4)cnn32)c1=O. The number of hydrogen-bond donors (Lipinski definition) is 1. The molecule has 3 aromatic heterocycles. The molecule has 0 aliphatic heterocycles. The summed E-state index contributed by atoms with van der Waals surface area (Å²) < 4.78 is 3.10. The largest absolute Gasteiger partial charge is 0.394 e. The van der Waals surface area contributed by atoms with Crippen LogP contribution in [-0.2, 0) is 5.54 Å². The minimum absolute atomic E-state index is 0.159. The molecular weight excluding hydrogens is 318 g/mol. The van der Waals surface area contributed by atoms with Gasteiger partial charge in [0.05, 0.1) is 18.3 Å². The molecule has 0 saturated heterocycles. The van der Waals surface area contributed by atoms with E-state index in [2.05, 4.69) is 15.3 Å². The van der Waals surface area contributed by atoms with Crippen molar-refractivity contribution in [3.8, 4) is 11.1 Å². The lowest BCUT2D eigenvalue weighted by atomic mass is 10.1. The first-order valence-electron chi connectivity index (χ1n) is 7.95. The monoisotopic (exact) mass is 335 g/mol. The minimum atomic E-state index is -0.721. The van der Waals surface area contributed by atoms with Gasteiger partial charge in [0.2, 0.25) is 0 Å². The smallest absolute Gasteiger partial charge is 0.281 e. The van der Waals surface area contributed by atoms with Crippen LogP contribution < -0.4 is 5.56 Å². The van der Waals surface area contributed by atoms with Crippen LogP contribution in [0.5, 0.6) is 0 Å². The van der Waals surface area contributed by atoms with E-state index in [-0.39, 0.29) is 17.7 Å². The maximum atomic E-state index is 12.8. The van der Waals surface area contributed by atoms with Gasteiger partial charge in [0, 0.05) is 11.8 Å². The molecule has 4 rings (SSSR count). The summed E-state index contributed by atoms with van der Waals surface area (Å²) in [6.07, 6.45) is 3.38. The number of nitrogens with zero attached hydrogens (tertiary/aromatic N) is 5. The van der Waals surface area contributed by atoms with Gasteiger partial charge in [-0.15, -0.1) is 10.2 Å². The second-order valence-corrected chi connectivity index (χ2v) is 6.55. The maximum absolute atomic E-state index is 12.8. The predicted molar refractivity (Wildman–Crippen MR) is 94.4 cm³/mol. The van der Waals surface area contributed by atoms with Crippen LogP contribution in [0.15, 0.2) is 53.6 Å². The number of fused-ring (bicyclic) bond motifs is 3. The second kappa shape index (κ2) is 5.49. The molecule has 0 amide bonds. The van der Waals surface area contributed by atoms with E-state index in [1.54, 1.807) is 36.8 Å². The topological polar surface area (TPSA) is 85.3 Å². The van der Waals surface area contributed by atoms with Crippen LogP contribution in [0.3, 0.4) is 0 Å². The Balaban J connectivity index is 1.99. The fraction of sp³-hybridized carbons (Fsp3) is 0.222. The van der Waals surface area contributed by atoms with Crippen molar-refractivity contribution >= 4 is 16.7 Å². The molecule has 0 bridgehead atoms. The molecule has 25 heavy (non-hydrogen) atoms. The summed E-state index contributed by atoms with van der Waals surface area (Å²) in [5.74, 6) is 0. The number of rotatable bonds is 3. The number of aliphatic hydroxyl groups excluding tert-OH is 1. The highest BCUT2D eigenvalue weighted by molar-refractivity contribution is 5.82. The van der Waals surface area contributed by atoms with Gasteiger partial charge >= 0.3 is 0 Å². The van der Waals surface area contributed by atoms with Gasteiger partial charge in [-0.3, -0.25) is 4.79 Å². The first-order chi connectivity index (χ1) is 12.0. The molecule has 0 spiro atoms. The Hall–Kier alpha value is -3.06. The van der Waals surface area contributed by atoms with Gasteiger partial charge in [-0.25, -0.2) is 4.52 Å². The molecule has 1 aromatic carbocycles. The van der Waals surface area contributed by atoms with E-state index >= 15 is 0 Å². The Morgan fingerprint density at radius 1 is 1.12 bits per heavy atom. The Morgan fingerprint density at radius 2 is 1.88 bits per heavy atom. The summed E-state index contributed by atoms with van der Waals surface area (Å²) in [5, 5.41) is 22.3. The summed E-state index contributed by atoms with van der Waals surface area (Å²) in [6.45, 7) is 3.41. The highest BCUT2D eigenvalue weighted by Crippen LogP contribution is 2.24. The average Bonchev–Trinajstić information content (AvgIpc) is 3.07. The zero-order valence-corrected chi connectivity index (χ0v) is 13.9. The van der Waals surface area contributed by atoms with Gasteiger partial charge in [-0.1, -0.05) is 30.3 Å². The van der Waals surface area contributed by atoms with E-state index < -0.39 is 5.54 Å². The van der Waals surface area contributed by atoms with Gasteiger partial charge in [0.1, 0.15) is 5.52 Å². The number of benzene rings is 1. The molecule has 0 aliphatic carbocycles. The van der Waals surface area contributed by atoms with Crippen LogP contribution in [0.2, 0.25) is 0 Å². The minimum Gasteiger partial charge on any atom is -0.394 e. The molecule has 0 saturated carbocycles. The Morgan fingerprint density at radius 3 is 2.60 bits per heavy atom. The zero-order valence-electron chi connectivity index (χ0n) is 13.9. The fourth-order valence-electron chi connectivity index (χ4n) is 2.87. The van der Waals surface area contributed by atoms with Crippen LogP contribution in [0.4, 0.5) is 0 Å². The van der Waals surface area contributed by atoms with Gasteiger partial charge in [-0.2, -0.15) is 5.10 Å². The van der Waals surface area contributed by atoms with Crippen LogP contribution >= 0.6 is 0 Å². The van der Waals surface area contributed by atoms with E-state index in [0.29, 0.717) is 11.2 Å². The van der Waals surface area contributed by atoms with Crippen LogP contribution in [-0.4, -0.2) is 36.1 Å². The average molecular weight is 335 g/mol. The number of hydrogen-bond acceptors (Lipinski definition) is 5. The first kappa shape index (κ1) is 15.5. The summed E-state index contributed by atoms with van der Waals surface area (Å²) in [6, 6.07) is 11.6. The third-order valence-electron chi connectivity index (χ3n) is 4.39. The molecule has 3 heterocycles. The molecule has 7 heteroatoms. The molecule has 0 atom stereocenters. The number of aliphatic hydroxyl groups is 1. The molecule has 1 N–H and O–H groups in total. The van der Waals surface area contributed by atoms with Crippen molar-refractivity contribution in [2.45, 2.75) is 19.4 Å². The second-order valence-electron chi connectivity index (χ2n) is 6.55. The summed E-state index contributed by atoms with van der Waals surface area (Å²) in [5.41, 5.74) is 2.22. The Labute approximate surface area is 143 Å². The van der Waals surface area contributed by atoms with Gasteiger partial charge in [-0.05, 0) is 25.5 Å². The standard InChI is InChI=1S/C18H17N5O2/c1-18(2,11-24)22-9-8-14-15(17(22)25)20-21-16-13(10-19-23(14)16)12-6-4-3-5-7-12/h3-10,24H,11H2,1-2H3. The molecule has 7 nitrogen and oxygen atoms in total. The number of pyridine rings is 1. The third kappa shape index (κ3) is 2.32.